The highest BCUT2D eigenvalue weighted by atomic mass is 31.2. The van der Waals surface area contributed by atoms with Gasteiger partial charge in [-0.05, 0) is 5.56 Å². The average molecular weight is 430 g/mol. The summed E-state index contributed by atoms with van der Waals surface area (Å²) in [4.78, 5) is 0. The molecule has 9 heteroatoms. The molecule has 2 atom stereocenters. The second-order valence-electron chi connectivity index (χ2n) is 6.09. The van der Waals surface area contributed by atoms with Gasteiger partial charge < -0.3 is 9.84 Å². The number of hydrogen-bond acceptors (Lipinski definition) is 8. The molecule has 0 aliphatic rings. The molecule has 30 heavy (non-hydrogen) atoms. The van der Waals surface area contributed by atoms with Crippen molar-refractivity contribution >= 4 is 7.82 Å². The summed E-state index contributed by atoms with van der Waals surface area (Å²) >= 11 is 0. The molecule has 0 saturated carbocycles. The summed E-state index contributed by atoms with van der Waals surface area (Å²) in [6.45, 7) is -0.419. The molecule has 0 bridgehead atoms. The van der Waals surface area contributed by atoms with E-state index in [9.17, 15) is 9.67 Å². The standard InChI is InChI=1S/C21H23N2O6P/c1-26-21(24,19-12-6-3-7-13-19)20(18-10-4-2-5-11-18)29-30(25,27-16-8-14-22)28-17-9-15-23/h2-7,10-13,20,24H,8-9,16-17H2,1H3. The van der Waals surface area contributed by atoms with Gasteiger partial charge in [0, 0.05) is 12.7 Å². The Hall–Kier alpha value is -2.55. The molecule has 8 nitrogen and oxygen atoms in total. The van der Waals surface area contributed by atoms with Crippen molar-refractivity contribution in [3.63, 3.8) is 0 Å². The van der Waals surface area contributed by atoms with Crippen molar-refractivity contribution < 1.29 is 28.0 Å². The Balaban J connectivity index is 2.46. The maximum Gasteiger partial charge on any atom is 0.475 e. The van der Waals surface area contributed by atoms with Gasteiger partial charge in [0.25, 0.3) is 0 Å². The van der Waals surface area contributed by atoms with Gasteiger partial charge in [-0.3, -0.25) is 13.6 Å². The summed E-state index contributed by atoms with van der Waals surface area (Å²) in [5.41, 5.74) is 0.820. The monoisotopic (exact) mass is 430 g/mol. The van der Waals surface area contributed by atoms with E-state index in [1.165, 1.54) is 7.11 Å². The highest BCUT2D eigenvalue weighted by Crippen LogP contribution is 2.56. The highest BCUT2D eigenvalue weighted by Gasteiger charge is 2.46. The Morgan fingerprint density at radius 2 is 1.47 bits per heavy atom. The van der Waals surface area contributed by atoms with Crippen LogP contribution < -0.4 is 0 Å². The first-order valence-electron chi connectivity index (χ1n) is 9.18. The van der Waals surface area contributed by atoms with Crippen LogP contribution in [0.3, 0.4) is 0 Å². The topological polar surface area (TPSA) is 122 Å². The molecule has 2 aromatic rings. The Bertz CT molecular complexity index is 889. The molecular weight excluding hydrogens is 407 g/mol. The quantitative estimate of drug-likeness (QED) is 0.302. The van der Waals surface area contributed by atoms with Crippen LogP contribution >= 0.6 is 7.82 Å². The van der Waals surface area contributed by atoms with Gasteiger partial charge in [-0.1, -0.05) is 60.7 Å². The molecule has 0 radical (unpaired) electrons. The smallest absolute Gasteiger partial charge is 0.360 e. The lowest BCUT2D eigenvalue weighted by atomic mass is 9.94. The molecule has 2 unspecified atom stereocenters. The third-order valence-corrected chi connectivity index (χ3v) is 5.58. The maximum atomic E-state index is 13.3. The SMILES string of the molecule is COC(O)(c1ccccc1)C(OP(=O)(OCCC#N)OCCC#N)c1ccccc1. The van der Waals surface area contributed by atoms with Crippen LogP contribution in [0.4, 0.5) is 0 Å². The van der Waals surface area contributed by atoms with E-state index in [1.807, 2.05) is 12.1 Å². The molecule has 0 amide bonds. The number of phosphoric acid groups is 1. The summed E-state index contributed by atoms with van der Waals surface area (Å²) in [6.07, 6.45) is -1.39. The van der Waals surface area contributed by atoms with Crippen LogP contribution in [0.2, 0.25) is 0 Å². The summed E-state index contributed by atoms with van der Waals surface area (Å²) in [7, 11) is -2.98. The molecule has 0 fully saturated rings. The minimum absolute atomic E-state index is 0.0435. The van der Waals surface area contributed by atoms with E-state index in [0.717, 1.165) is 0 Å². The van der Waals surface area contributed by atoms with Gasteiger partial charge in [0.15, 0.2) is 6.10 Å². The lowest BCUT2D eigenvalue weighted by Gasteiger charge is -2.36. The molecule has 0 aromatic heterocycles. The van der Waals surface area contributed by atoms with E-state index in [0.29, 0.717) is 11.1 Å². The number of nitrogens with zero attached hydrogens (tertiary/aromatic N) is 2. The molecule has 0 saturated heterocycles. The van der Waals surface area contributed by atoms with Crippen LogP contribution in [-0.4, -0.2) is 25.4 Å². The van der Waals surface area contributed by atoms with Gasteiger partial charge in [-0.2, -0.15) is 10.5 Å². The van der Waals surface area contributed by atoms with Crippen LogP contribution in [-0.2, 0) is 28.7 Å². The van der Waals surface area contributed by atoms with Crippen molar-refractivity contribution in [3.05, 3.63) is 71.8 Å². The number of rotatable bonds is 12. The zero-order valence-corrected chi connectivity index (χ0v) is 17.4. The fourth-order valence-corrected chi connectivity index (χ4v) is 4.02. The Kier molecular flexibility index (Phi) is 9.16. The third-order valence-electron chi connectivity index (χ3n) is 4.12. The van der Waals surface area contributed by atoms with Crippen molar-refractivity contribution in [1.29, 1.82) is 10.5 Å². The molecule has 1 N–H and O–H groups in total. The van der Waals surface area contributed by atoms with Crippen molar-refractivity contribution in [3.8, 4) is 12.1 Å². The summed E-state index contributed by atoms with van der Waals surface area (Å²) in [5, 5.41) is 28.9. The van der Waals surface area contributed by atoms with Gasteiger partial charge >= 0.3 is 7.82 Å². The Morgan fingerprint density at radius 3 is 1.93 bits per heavy atom. The molecule has 0 aliphatic heterocycles. The number of benzene rings is 2. The van der Waals surface area contributed by atoms with E-state index in [4.69, 9.17) is 28.8 Å². The maximum absolute atomic E-state index is 13.3. The number of phosphoric ester groups is 1. The van der Waals surface area contributed by atoms with E-state index in [-0.39, 0.29) is 26.1 Å². The molecule has 158 valence electrons. The number of hydrogen-bond donors (Lipinski definition) is 1. The van der Waals surface area contributed by atoms with Crippen molar-refractivity contribution in [2.45, 2.75) is 24.7 Å². The molecular formula is C21H23N2O6P. The Morgan fingerprint density at radius 1 is 0.967 bits per heavy atom. The first kappa shape index (κ1) is 23.7. The fourth-order valence-electron chi connectivity index (χ4n) is 2.67. The lowest BCUT2D eigenvalue weighted by Crippen LogP contribution is -2.37. The molecule has 0 heterocycles. The van der Waals surface area contributed by atoms with Crippen LogP contribution in [0.5, 0.6) is 0 Å². The highest BCUT2D eigenvalue weighted by molar-refractivity contribution is 7.48. The zero-order valence-electron chi connectivity index (χ0n) is 16.5. The van der Waals surface area contributed by atoms with Gasteiger partial charge in [0.2, 0.25) is 5.79 Å². The van der Waals surface area contributed by atoms with Crippen LogP contribution in [0, 0.1) is 22.7 Å². The van der Waals surface area contributed by atoms with Crippen molar-refractivity contribution in [2.24, 2.45) is 0 Å². The minimum Gasteiger partial charge on any atom is -0.360 e. The van der Waals surface area contributed by atoms with E-state index in [1.54, 1.807) is 60.7 Å². The number of nitriles is 2. The zero-order chi connectivity index (χ0) is 21.9. The number of aliphatic hydroxyl groups is 1. The van der Waals surface area contributed by atoms with Gasteiger partial charge in [-0.25, -0.2) is 4.57 Å². The number of methoxy groups -OCH3 is 1. The van der Waals surface area contributed by atoms with Gasteiger partial charge in [0.1, 0.15) is 0 Å². The largest absolute Gasteiger partial charge is 0.475 e. The first-order valence-corrected chi connectivity index (χ1v) is 10.6. The third kappa shape index (κ3) is 6.22. The summed E-state index contributed by atoms with van der Waals surface area (Å²) in [6, 6.07) is 20.8. The minimum atomic E-state index is -4.27. The molecule has 2 rings (SSSR count). The summed E-state index contributed by atoms with van der Waals surface area (Å²) in [5.74, 6) is -2.03. The van der Waals surface area contributed by atoms with Crippen LogP contribution in [0.25, 0.3) is 0 Å². The predicted octanol–water partition coefficient (Wildman–Crippen LogP) is 4.20. The average Bonchev–Trinajstić information content (AvgIpc) is 2.79. The van der Waals surface area contributed by atoms with Crippen LogP contribution in [0.15, 0.2) is 60.7 Å². The Labute approximate surface area is 175 Å². The molecule has 0 aliphatic carbocycles. The van der Waals surface area contributed by atoms with E-state index in [2.05, 4.69) is 0 Å². The molecule has 0 spiro atoms. The van der Waals surface area contributed by atoms with Crippen molar-refractivity contribution in [2.75, 3.05) is 20.3 Å². The van der Waals surface area contributed by atoms with Crippen molar-refractivity contribution in [1.82, 2.24) is 0 Å². The summed E-state index contributed by atoms with van der Waals surface area (Å²) < 4.78 is 35.0. The van der Waals surface area contributed by atoms with Gasteiger partial charge in [0.05, 0.1) is 38.2 Å². The number of ether oxygens (including phenoxy) is 1. The lowest BCUT2D eigenvalue weighted by molar-refractivity contribution is -0.252. The fraction of sp³-hybridized carbons (Fsp3) is 0.333. The second kappa shape index (κ2) is 11.6. The predicted molar refractivity (Wildman–Crippen MR) is 108 cm³/mol. The van der Waals surface area contributed by atoms with E-state index < -0.39 is 19.7 Å². The van der Waals surface area contributed by atoms with Crippen LogP contribution in [0.1, 0.15) is 30.1 Å². The second-order valence-corrected chi connectivity index (χ2v) is 7.71. The first-order chi connectivity index (χ1) is 14.5. The van der Waals surface area contributed by atoms with Gasteiger partial charge in [-0.15, -0.1) is 0 Å². The normalized spacial score (nSPS) is 14.3. The van der Waals surface area contributed by atoms with E-state index >= 15 is 0 Å². The molecule has 2 aromatic carbocycles.